The fraction of sp³-hybridized carbons (Fsp3) is 0.733. The minimum absolute atomic E-state index is 0. The minimum atomic E-state index is 0. The summed E-state index contributed by atoms with van der Waals surface area (Å²) in [4.78, 5) is 5.81. The van der Waals surface area contributed by atoms with Gasteiger partial charge < -0.3 is 5.32 Å². The summed E-state index contributed by atoms with van der Waals surface area (Å²) in [7, 11) is 0. The van der Waals surface area contributed by atoms with Crippen LogP contribution in [0, 0.1) is 12.8 Å². The number of piperazine rings is 1. The summed E-state index contributed by atoms with van der Waals surface area (Å²) in [6.45, 7) is 7.00. The lowest BCUT2D eigenvalue weighted by molar-refractivity contribution is 0.128. The average molecular weight is 337 g/mol. The zero-order chi connectivity index (χ0) is 12.4. The van der Waals surface area contributed by atoms with Crippen molar-refractivity contribution in [3.63, 3.8) is 0 Å². The van der Waals surface area contributed by atoms with Crippen LogP contribution in [0.25, 0.3) is 0 Å². The van der Waals surface area contributed by atoms with Gasteiger partial charge in [-0.15, -0.1) is 36.2 Å². The molecule has 1 atom stereocenters. The van der Waals surface area contributed by atoms with Crippen molar-refractivity contribution in [3.8, 4) is 0 Å². The molecule has 1 aliphatic heterocycles. The molecule has 0 spiro atoms. The summed E-state index contributed by atoms with van der Waals surface area (Å²) in [5, 5.41) is 3.48. The number of aryl methyl sites for hydroxylation is 1. The van der Waals surface area contributed by atoms with E-state index in [9.17, 15) is 0 Å². The molecule has 20 heavy (non-hydrogen) atoms. The molecule has 1 aromatic rings. The second-order valence-electron chi connectivity index (χ2n) is 5.72. The first kappa shape index (κ1) is 18.2. The van der Waals surface area contributed by atoms with Crippen LogP contribution in [-0.2, 0) is 0 Å². The van der Waals surface area contributed by atoms with E-state index in [0.717, 1.165) is 19.0 Å². The Labute approximate surface area is 139 Å². The van der Waals surface area contributed by atoms with Gasteiger partial charge in [-0.05, 0) is 37.8 Å². The highest BCUT2D eigenvalue weighted by Gasteiger charge is 2.32. The third kappa shape index (κ3) is 4.11. The third-order valence-electron chi connectivity index (χ3n) is 4.44. The third-order valence-corrected chi connectivity index (χ3v) is 5.52. The van der Waals surface area contributed by atoms with E-state index in [0.29, 0.717) is 6.04 Å². The molecule has 0 amide bonds. The highest BCUT2D eigenvalue weighted by Crippen LogP contribution is 2.41. The first-order valence-corrected chi connectivity index (χ1v) is 8.17. The Kier molecular flexibility index (Phi) is 7.84. The zero-order valence-corrected chi connectivity index (χ0v) is 14.6. The Morgan fingerprint density at radius 3 is 2.35 bits per heavy atom. The summed E-state index contributed by atoms with van der Waals surface area (Å²) in [5.41, 5.74) is 0. The molecule has 2 fully saturated rings. The van der Waals surface area contributed by atoms with Crippen LogP contribution >= 0.6 is 36.2 Å². The maximum absolute atomic E-state index is 3.48. The van der Waals surface area contributed by atoms with Crippen LogP contribution in [0.3, 0.4) is 0 Å². The molecule has 2 aliphatic rings. The first-order valence-electron chi connectivity index (χ1n) is 7.36. The van der Waals surface area contributed by atoms with Crippen molar-refractivity contribution in [3.05, 3.63) is 21.9 Å². The number of hydrogen-bond acceptors (Lipinski definition) is 3. The first-order chi connectivity index (χ1) is 8.84. The van der Waals surface area contributed by atoms with Gasteiger partial charge in [0.15, 0.2) is 0 Å². The highest BCUT2D eigenvalue weighted by molar-refractivity contribution is 7.12. The van der Waals surface area contributed by atoms with Crippen molar-refractivity contribution >= 4 is 36.2 Å². The van der Waals surface area contributed by atoms with E-state index < -0.39 is 0 Å². The molecular formula is C15H26Cl2N2S. The second-order valence-corrected chi connectivity index (χ2v) is 7.04. The Hall–Kier alpha value is 0.200. The van der Waals surface area contributed by atoms with Crippen molar-refractivity contribution in [1.29, 1.82) is 0 Å². The van der Waals surface area contributed by atoms with Gasteiger partial charge in [-0.3, -0.25) is 4.90 Å². The number of nitrogens with one attached hydrogen (secondary N) is 1. The summed E-state index contributed by atoms with van der Waals surface area (Å²) in [6.07, 6.45) is 5.76. The summed E-state index contributed by atoms with van der Waals surface area (Å²) < 4.78 is 0. The molecule has 0 bridgehead atoms. The number of hydrogen-bond donors (Lipinski definition) is 1. The molecule has 1 aliphatic carbocycles. The Bertz CT molecular complexity index is 385. The predicted octanol–water partition coefficient (Wildman–Crippen LogP) is 4.04. The zero-order valence-electron chi connectivity index (χ0n) is 12.1. The maximum Gasteiger partial charge on any atom is 0.0470 e. The fourth-order valence-corrected chi connectivity index (χ4v) is 4.66. The topological polar surface area (TPSA) is 15.3 Å². The molecule has 5 heteroatoms. The van der Waals surface area contributed by atoms with Gasteiger partial charge in [-0.2, -0.15) is 0 Å². The van der Waals surface area contributed by atoms with Gasteiger partial charge in [0, 0.05) is 42.0 Å². The van der Waals surface area contributed by atoms with Crippen LogP contribution in [0.5, 0.6) is 0 Å². The monoisotopic (exact) mass is 336 g/mol. The number of thiophene rings is 1. The van der Waals surface area contributed by atoms with E-state index in [2.05, 4.69) is 29.3 Å². The molecule has 3 rings (SSSR count). The van der Waals surface area contributed by atoms with Crippen LogP contribution in [0.4, 0.5) is 0 Å². The minimum Gasteiger partial charge on any atom is -0.314 e. The van der Waals surface area contributed by atoms with Crippen molar-refractivity contribution in [2.45, 2.75) is 38.6 Å². The van der Waals surface area contributed by atoms with E-state index in [1.807, 2.05) is 11.3 Å². The van der Waals surface area contributed by atoms with Crippen molar-refractivity contribution in [2.24, 2.45) is 5.92 Å². The smallest absolute Gasteiger partial charge is 0.0470 e. The number of nitrogens with zero attached hydrogens (tertiary/aromatic N) is 1. The largest absolute Gasteiger partial charge is 0.314 e. The summed E-state index contributed by atoms with van der Waals surface area (Å²) in [6, 6.07) is 5.38. The van der Waals surface area contributed by atoms with E-state index >= 15 is 0 Å². The van der Waals surface area contributed by atoms with Crippen LogP contribution < -0.4 is 5.32 Å². The molecule has 2 heterocycles. The normalized spacial score (nSPS) is 22.1. The average Bonchev–Trinajstić information content (AvgIpc) is 3.04. The van der Waals surface area contributed by atoms with Crippen LogP contribution in [0.2, 0.25) is 0 Å². The van der Waals surface area contributed by atoms with E-state index in [-0.39, 0.29) is 24.8 Å². The second kappa shape index (κ2) is 8.60. The lowest BCUT2D eigenvalue weighted by Crippen LogP contribution is -2.46. The van der Waals surface area contributed by atoms with Crippen LogP contribution in [0.15, 0.2) is 12.1 Å². The molecular weight excluding hydrogens is 311 g/mol. The quantitative estimate of drug-likeness (QED) is 0.896. The van der Waals surface area contributed by atoms with Crippen LogP contribution in [0.1, 0.15) is 41.5 Å². The molecule has 116 valence electrons. The summed E-state index contributed by atoms with van der Waals surface area (Å²) in [5.74, 6) is 0.904. The fourth-order valence-electron chi connectivity index (χ4n) is 3.56. The molecule has 1 aromatic heterocycles. The maximum atomic E-state index is 3.48. The van der Waals surface area contributed by atoms with Gasteiger partial charge in [0.05, 0.1) is 0 Å². The Morgan fingerprint density at radius 1 is 1.15 bits per heavy atom. The highest BCUT2D eigenvalue weighted by atomic mass is 35.5. The molecule has 0 radical (unpaired) electrons. The van der Waals surface area contributed by atoms with Crippen molar-refractivity contribution in [1.82, 2.24) is 10.2 Å². The van der Waals surface area contributed by atoms with Gasteiger partial charge in [0.25, 0.3) is 0 Å². The standard InChI is InChI=1S/C15H24N2S.2ClH/c1-12-6-7-14(18-12)15(13-4-2-3-5-13)17-10-8-16-9-11-17;;/h6-7,13,15-16H,2-5,8-11H2,1H3;2*1H/t15-;;/m0../s1. The molecule has 2 nitrogen and oxygen atoms in total. The lowest BCUT2D eigenvalue weighted by atomic mass is 9.94. The lowest BCUT2D eigenvalue weighted by Gasteiger charge is -2.37. The molecule has 0 unspecified atom stereocenters. The molecule has 1 saturated heterocycles. The molecule has 0 aromatic carbocycles. The number of halogens is 2. The van der Waals surface area contributed by atoms with Gasteiger partial charge in [0.1, 0.15) is 0 Å². The van der Waals surface area contributed by atoms with Crippen LogP contribution in [-0.4, -0.2) is 31.1 Å². The van der Waals surface area contributed by atoms with E-state index in [1.165, 1.54) is 43.6 Å². The predicted molar refractivity (Wildman–Crippen MR) is 92.7 cm³/mol. The van der Waals surface area contributed by atoms with Crippen molar-refractivity contribution < 1.29 is 0 Å². The number of rotatable bonds is 3. The molecule has 1 saturated carbocycles. The Morgan fingerprint density at radius 2 is 1.80 bits per heavy atom. The van der Waals surface area contributed by atoms with E-state index in [4.69, 9.17) is 0 Å². The van der Waals surface area contributed by atoms with Gasteiger partial charge in [-0.25, -0.2) is 0 Å². The summed E-state index contributed by atoms with van der Waals surface area (Å²) >= 11 is 2.01. The Balaban J connectivity index is 0.000001000. The van der Waals surface area contributed by atoms with Crippen molar-refractivity contribution in [2.75, 3.05) is 26.2 Å². The SMILES string of the molecule is Cc1ccc([C@H](C2CCCC2)N2CCNCC2)s1.Cl.Cl. The van der Waals surface area contributed by atoms with Gasteiger partial charge in [-0.1, -0.05) is 12.8 Å². The molecule has 1 N–H and O–H groups in total. The van der Waals surface area contributed by atoms with Gasteiger partial charge >= 0.3 is 0 Å². The van der Waals surface area contributed by atoms with Gasteiger partial charge in [0.2, 0.25) is 0 Å². The van der Waals surface area contributed by atoms with E-state index in [1.54, 1.807) is 4.88 Å².